The van der Waals surface area contributed by atoms with Gasteiger partial charge in [0.05, 0.1) is 0 Å². The number of thioether (sulfide) groups is 1. The number of nitrogens with zero attached hydrogens (tertiary/aromatic N) is 2. The van der Waals surface area contributed by atoms with Gasteiger partial charge in [-0.2, -0.15) is 0 Å². The van der Waals surface area contributed by atoms with E-state index in [-0.39, 0.29) is 5.91 Å². The molecule has 0 bridgehead atoms. The Balaban J connectivity index is 1.89. The predicted octanol–water partition coefficient (Wildman–Crippen LogP) is 3.75. The molecule has 0 aliphatic heterocycles. The summed E-state index contributed by atoms with van der Waals surface area (Å²) >= 11 is 3.02. The summed E-state index contributed by atoms with van der Waals surface area (Å²) in [5.41, 5.74) is 1.09. The Labute approximate surface area is 138 Å². The van der Waals surface area contributed by atoms with Crippen molar-refractivity contribution in [2.75, 3.05) is 11.1 Å². The summed E-state index contributed by atoms with van der Waals surface area (Å²) < 4.78 is 6.51. The van der Waals surface area contributed by atoms with Crippen LogP contribution in [0.3, 0.4) is 0 Å². The van der Waals surface area contributed by atoms with Crippen LogP contribution >= 0.6 is 23.1 Å². The molecular formula is C15H19N3O2S2. The van der Waals surface area contributed by atoms with Crippen LogP contribution in [0.15, 0.2) is 28.6 Å². The Morgan fingerprint density at radius 2 is 2.27 bits per heavy atom. The molecule has 0 spiro atoms. The molecule has 1 aromatic heterocycles. The van der Waals surface area contributed by atoms with Crippen LogP contribution in [0.4, 0.5) is 5.13 Å². The van der Waals surface area contributed by atoms with Gasteiger partial charge in [0.1, 0.15) is 5.75 Å². The minimum Gasteiger partial charge on any atom is -0.481 e. The van der Waals surface area contributed by atoms with E-state index in [1.165, 1.54) is 11.3 Å². The van der Waals surface area contributed by atoms with E-state index >= 15 is 0 Å². The number of aryl methyl sites for hydroxylation is 1. The van der Waals surface area contributed by atoms with Gasteiger partial charge < -0.3 is 4.74 Å². The van der Waals surface area contributed by atoms with E-state index in [9.17, 15) is 4.79 Å². The molecule has 1 unspecified atom stereocenters. The highest BCUT2D eigenvalue weighted by Crippen LogP contribution is 2.26. The highest BCUT2D eigenvalue weighted by molar-refractivity contribution is 8.01. The van der Waals surface area contributed by atoms with Gasteiger partial charge in [0, 0.05) is 5.75 Å². The first kappa shape index (κ1) is 16.8. The van der Waals surface area contributed by atoms with Crippen LogP contribution in [0.25, 0.3) is 0 Å². The summed E-state index contributed by atoms with van der Waals surface area (Å²) in [5.74, 6) is 1.44. The highest BCUT2D eigenvalue weighted by Gasteiger charge is 2.17. The van der Waals surface area contributed by atoms with Crippen LogP contribution < -0.4 is 10.1 Å². The molecule has 22 heavy (non-hydrogen) atoms. The van der Waals surface area contributed by atoms with E-state index in [0.29, 0.717) is 10.9 Å². The second-order valence-electron chi connectivity index (χ2n) is 4.79. The fourth-order valence-corrected chi connectivity index (χ4v) is 3.34. The fourth-order valence-electron chi connectivity index (χ4n) is 1.66. The van der Waals surface area contributed by atoms with Gasteiger partial charge in [0.25, 0.3) is 5.91 Å². The van der Waals surface area contributed by atoms with Gasteiger partial charge in [-0.25, -0.2) is 0 Å². The predicted molar refractivity (Wildman–Crippen MR) is 90.8 cm³/mol. The van der Waals surface area contributed by atoms with E-state index in [4.69, 9.17) is 4.74 Å². The number of rotatable bonds is 7. The molecule has 7 heteroatoms. The van der Waals surface area contributed by atoms with Gasteiger partial charge in [-0.3, -0.25) is 10.1 Å². The zero-order valence-electron chi connectivity index (χ0n) is 12.8. The van der Waals surface area contributed by atoms with Crippen molar-refractivity contribution in [1.29, 1.82) is 0 Å². The van der Waals surface area contributed by atoms with Crippen LogP contribution in [0.1, 0.15) is 25.8 Å². The van der Waals surface area contributed by atoms with Crippen molar-refractivity contribution in [2.24, 2.45) is 0 Å². The Morgan fingerprint density at radius 1 is 1.45 bits per heavy atom. The number of carbonyl (C=O) groups excluding carboxylic acids is 1. The molecule has 0 saturated carbocycles. The molecule has 0 aliphatic carbocycles. The summed E-state index contributed by atoms with van der Waals surface area (Å²) in [6.07, 6.45) is 0.477. The Bertz CT molecular complexity index is 631. The summed E-state index contributed by atoms with van der Waals surface area (Å²) in [6, 6.07) is 7.61. The van der Waals surface area contributed by atoms with Crippen molar-refractivity contribution in [1.82, 2.24) is 10.2 Å². The maximum Gasteiger partial charge on any atom is 0.266 e. The molecule has 5 nitrogen and oxygen atoms in total. The number of hydrogen-bond acceptors (Lipinski definition) is 6. The monoisotopic (exact) mass is 337 g/mol. The van der Waals surface area contributed by atoms with Crippen LogP contribution in [-0.2, 0) is 4.79 Å². The van der Waals surface area contributed by atoms with Gasteiger partial charge in [-0.15, -0.1) is 10.2 Å². The number of aromatic nitrogens is 2. The molecule has 1 amide bonds. The summed E-state index contributed by atoms with van der Waals surface area (Å²) in [4.78, 5) is 12.1. The first-order valence-electron chi connectivity index (χ1n) is 7.09. The lowest BCUT2D eigenvalue weighted by molar-refractivity contribution is -0.122. The normalized spacial score (nSPS) is 12.0. The summed E-state index contributed by atoms with van der Waals surface area (Å²) in [6.45, 7) is 5.81. The largest absolute Gasteiger partial charge is 0.481 e. The third-order valence-electron chi connectivity index (χ3n) is 2.74. The Kier molecular flexibility index (Phi) is 6.21. The number of ether oxygens (including phenoxy) is 1. The van der Waals surface area contributed by atoms with Crippen molar-refractivity contribution in [3.8, 4) is 5.75 Å². The van der Waals surface area contributed by atoms with Crippen LogP contribution in [0.2, 0.25) is 0 Å². The molecule has 1 heterocycles. The minimum absolute atomic E-state index is 0.232. The lowest BCUT2D eigenvalue weighted by Crippen LogP contribution is -2.30. The molecule has 2 aromatic rings. The zero-order chi connectivity index (χ0) is 15.9. The minimum atomic E-state index is -0.600. The van der Waals surface area contributed by atoms with Crippen LogP contribution in [0.5, 0.6) is 5.75 Å². The van der Waals surface area contributed by atoms with Gasteiger partial charge in [0.2, 0.25) is 5.13 Å². The van der Waals surface area contributed by atoms with Crippen molar-refractivity contribution in [3.05, 3.63) is 29.8 Å². The molecule has 0 fully saturated rings. The van der Waals surface area contributed by atoms with E-state index in [0.717, 1.165) is 22.1 Å². The van der Waals surface area contributed by atoms with E-state index < -0.39 is 6.10 Å². The fraction of sp³-hybridized carbons (Fsp3) is 0.400. The maximum absolute atomic E-state index is 12.1. The SMILES string of the molecule is CCCSc1nnc(NC(=O)C(C)Oc2cccc(C)c2)s1. The smallest absolute Gasteiger partial charge is 0.266 e. The van der Waals surface area contributed by atoms with Crippen molar-refractivity contribution >= 4 is 34.1 Å². The Hall–Kier alpha value is -1.60. The van der Waals surface area contributed by atoms with E-state index in [2.05, 4.69) is 22.4 Å². The van der Waals surface area contributed by atoms with Crippen molar-refractivity contribution in [2.45, 2.75) is 37.6 Å². The third kappa shape index (κ3) is 4.99. The average Bonchev–Trinajstić information content (AvgIpc) is 2.92. The quantitative estimate of drug-likeness (QED) is 0.616. The second kappa shape index (κ2) is 8.14. The van der Waals surface area contributed by atoms with Gasteiger partial charge in [-0.05, 0) is 38.0 Å². The summed E-state index contributed by atoms with van der Waals surface area (Å²) in [7, 11) is 0. The molecular weight excluding hydrogens is 318 g/mol. The lowest BCUT2D eigenvalue weighted by atomic mass is 10.2. The topological polar surface area (TPSA) is 64.1 Å². The highest BCUT2D eigenvalue weighted by atomic mass is 32.2. The van der Waals surface area contributed by atoms with Gasteiger partial charge >= 0.3 is 0 Å². The maximum atomic E-state index is 12.1. The molecule has 0 radical (unpaired) electrons. The molecule has 2 rings (SSSR count). The molecule has 1 aromatic carbocycles. The summed E-state index contributed by atoms with van der Waals surface area (Å²) in [5, 5.41) is 11.3. The number of anilines is 1. The number of amides is 1. The van der Waals surface area contributed by atoms with Crippen molar-refractivity contribution < 1.29 is 9.53 Å². The molecule has 1 atom stereocenters. The number of hydrogen-bond donors (Lipinski definition) is 1. The molecule has 118 valence electrons. The standard InChI is InChI=1S/C15H19N3O2S2/c1-4-8-21-15-18-17-14(22-15)16-13(19)11(3)20-12-7-5-6-10(2)9-12/h5-7,9,11H,4,8H2,1-3H3,(H,16,17,19). The number of benzene rings is 1. The zero-order valence-corrected chi connectivity index (χ0v) is 14.5. The Morgan fingerprint density at radius 3 is 3.00 bits per heavy atom. The second-order valence-corrected chi connectivity index (χ2v) is 7.11. The lowest BCUT2D eigenvalue weighted by Gasteiger charge is -2.13. The first-order valence-corrected chi connectivity index (χ1v) is 8.89. The van der Waals surface area contributed by atoms with Gasteiger partial charge in [-0.1, -0.05) is 42.2 Å². The van der Waals surface area contributed by atoms with Gasteiger partial charge in [0.15, 0.2) is 10.4 Å². The molecule has 0 saturated heterocycles. The average molecular weight is 337 g/mol. The molecule has 1 N–H and O–H groups in total. The van der Waals surface area contributed by atoms with E-state index in [1.54, 1.807) is 18.7 Å². The van der Waals surface area contributed by atoms with Crippen molar-refractivity contribution in [3.63, 3.8) is 0 Å². The van der Waals surface area contributed by atoms with E-state index in [1.807, 2.05) is 31.2 Å². The third-order valence-corrected chi connectivity index (χ3v) is 4.92. The van der Waals surface area contributed by atoms with Crippen LogP contribution in [-0.4, -0.2) is 28.0 Å². The van der Waals surface area contributed by atoms with Crippen LogP contribution in [0, 0.1) is 6.92 Å². The number of nitrogens with one attached hydrogen (secondary N) is 1. The number of carbonyl (C=O) groups is 1. The molecule has 0 aliphatic rings. The first-order chi connectivity index (χ1) is 10.6.